The molecule has 0 saturated heterocycles. The van der Waals surface area contributed by atoms with Gasteiger partial charge in [-0.2, -0.15) is 0 Å². The van der Waals surface area contributed by atoms with Crippen LogP contribution in [0.4, 0.5) is 11.4 Å². The minimum absolute atomic E-state index is 0.0438. The molecule has 1 heterocycles. The van der Waals surface area contributed by atoms with Crippen LogP contribution in [0.1, 0.15) is 18.4 Å². The van der Waals surface area contributed by atoms with Gasteiger partial charge >= 0.3 is 5.97 Å². The molecule has 6 heteroatoms. The fraction of sp³-hybridized carbons (Fsp3) is 0.417. The van der Waals surface area contributed by atoms with Crippen LogP contribution in [0.15, 0.2) is 18.2 Å². The van der Waals surface area contributed by atoms with Gasteiger partial charge in [0.15, 0.2) is 0 Å². The van der Waals surface area contributed by atoms with E-state index in [1.54, 1.807) is 6.07 Å². The Kier molecular flexibility index (Phi) is 3.45. The number of anilines is 1. The molecule has 0 saturated carbocycles. The zero-order valence-electron chi connectivity index (χ0n) is 9.83. The van der Waals surface area contributed by atoms with Gasteiger partial charge in [-0.1, -0.05) is 6.07 Å². The first-order valence-electron chi connectivity index (χ1n) is 5.82. The maximum absolute atomic E-state index is 10.8. The highest BCUT2D eigenvalue weighted by Crippen LogP contribution is 2.30. The van der Waals surface area contributed by atoms with Crippen molar-refractivity contribution in [3.8, 4) is 0 Å². The number of carbonyl (C=O) groups is 1. The fourth-order valence-electron chi connectivity index (χ4n) is 2.22. The van der Waals surface area contributed by atoms with E-state index in [0.717, 1.165) is 30.6 Å². The second kappa shape index (κ2) is 5.03. The SMILES string of the molecule is O=C(O)CCN1CCCc2ccc([N+](=O)[O-])cc21. The van der Waals surface area contributed by atoms with Crippen LogP contribution in [-0.4, -0.2) is 29.1 Å². The first-order chi connectivity index (χ1) is 8.58. The van der Waals surface area contributed by atoms with E-state index in [4.69, 9.17) is 5.11 Å². The van der Waals surface area contributed by atoms with E-state index in [1.807, 2.05) is 4.90 Å². The Morgan fingerprint density at radius 1 is 1.50 bits per heavy atom. The molecule has 1 aromatic rings. The summed E-state index contributed by atoms with van der Waals surface area (Å²) in [5.74, 6) is -0.854. The van der Waals surface area contributed by atoms with Gasteiger partial charge in [-0.25, -0.2) is 0 Å². The lowest BCUT2D eigenvalue weighted by atomic mass is 10.0. The van der Waals surface area contributed by atoms with E-state index in [1.165, 1.54) is 12.1 Å². The predicted octanol–water partition coefficient (Wildman–Crippen LogP) is 1.82. The fourth-order valence-corrected chi connectivity index (χ4v) is 2.22. The normalized spacial score (nSPS) is 14.1. The van der Waals surface area contributed by atoms with Crippen LogP contribution in [0.25, 0.3) is 0 Å². The summed E-state index contributed by atoms with van der Waals surface area (Å²) < 4.78 is 0. The number of nitro groups is 1. The molecule has 0 spiro atoms. The molecule has 18 heavy (non-hydrogen) atoms. The molecule has 1 N–H and O–H groups in total. The molecule has 96 valence electrons. The maximum Gasteiger partial charge on any atom is 0.305 e. The summed E-state index contributed by atoms with van der Waals surface area (Å²) in [5, 5.41) is 19.5. The third-order valence-electron chi connectivity index (χ3n) is 3.09. The summed E-state index contributed by atoms with van der Waals surface area (Å²) in [4.78, 5) is 22.8. The first kappa shape index (κ1) is 12.3. The highest BCUT2D eigenvalue weighted by atomic mass is 16.6. The predicted molar refractivity (Wildman–Crippen MR) is 65.9 cm³/mol. The zero-order chi connectivity index (χ0) is 13.1. The van der Waals surface area contributed by atoms with E-state index < -0.39 is 10.9 Å². The lowest BCUT2D eigenvalue weighted by Gasteiger charge is -2.30. The Balaban J connectivity index is 2.25. The van der Waals surface area contributed by atoms with Crippen molar-refractivity contribution in [3.63, 3.8) is 0 Å². The van der Waals surface area contributed by atoms with E-state index in [0.29, 0.717) is 6.54 Å². The van der Waals surface area contributed by atoms with Crippen LogP contribution in [-0.2, 0) is 11.2 Å². The van der Waals surface area contributed by atoms with E-state index in [2.05, 4.69) is 0 Å². The average molecular weight is 250 g/mol. The summed E-state index contributed by atoms with van der Waals surface area (Å²) in [6.07, 6.45) is 1.88. The molecule has 1 aromatic carbocycles. The standard InChI is InChI=1S/C12H14N2O4/c15-12(16)5-7-13-6-1-2-9-3-4-10(14(17)18)8-11(9)13/h3-4,8H,1-2,5-7H2,(H,15,16). The Morgan fingerprint density at radius 3 is 2.94 bits per heavy atom. The van der Waals surface area contributed by atoms with E-state index >= 15 is 0 Å². The molecule has 1 aliphatic heterocycles. The first-order valence-corrected chi connectivity index (χ1v) is 5.82. The van der Waals surface area contributed by atoms with Crippen LogP contribution in [0, 0.1) is 10.1 Å². The highest BCUT2D eigenvalue weighted by Gasteiger charge is 2.20. The summed E-state index contributed by atoms with van der Waals surface area (Å²) in [5.41, 5.74) is 1.91. The number of benzene rings is 1. The molecule has 0 atom stereocenters. The quantitative estimate of drug-likeness (QED) is 0.651. The molecule has 0 fully saturated rings. The van der Waals surface area contributed by atoms with Crippen molar-refractivity contribution in [2.24, 2.45) is 0 Å². The number of fused-ring (bicyclic) bond motifs is 1. The summed E-state index contributed by atoms with van der Waals surface area (Å²) in [6, 6.07) is 4.80. The number of hydrogen-bond acceptors (Lipinski definition) is 4. The van der Waals surface area contributed by atoms with Crippen LogP contribution in [0.5, 0.6) is 0 Å². The van der Waals surface area contributed by atoms with Gasteiger partial charge in [-0.15, -0.1) is 0 Å². The Bertz CT molecular complexity index is 487. The topological polar surface area (TPSA) is 83.7 Å². The van der Waals surface area contributed by atoms with Gasteiger partial charge in [0.25, 0.3) is 5.69 Å². The van der Waals surface area contributed by atoms with Gasteiger partial charge in [-0.3, -0.25) is 14.9 Å². The van der Waals surface area contributed by atoms with E-state index in [9.17, 15) is 14.9 Å². The molecule has 0 radical (unpaired) electrons. The van der Waals surface area contributed by atoms with Crippen molar-refractivity contribution in [2.75, 3.05) is 18.0 Å². The molecular formula is C12H14N2O4. The number of aryl methyl sites for hydroxylation is 1. The van der Waals surface area contributed by atoms with Crippen molar-refractivity contribution < 1.29 is 14.8 Å². The Labute approximate surface area is 104 Å². The smallest absolute Gasteiger partial charge is 0.305 e. The lowest BCUT2D eigenvalue weighted by molar-refractivity contribution is -0.384. The number of hydrogen-bond donors (Lipinski definition) is 1. The molecule has 2 rings (SSSR count). The highest BCUT2D eigenvalue weighted by molar-refractivity contribution is 5.68. The van der Waals surface area contributed by atoms with Crippen LogP contribution >= 0.6 is 0 Å². The summed E-state index contributed by atoms with van der Waals surface area (Å²) >= 11 is 0. The third kappa shape index (κ3) is 2.58. The van der Waals surface area contributed by atoms with Crippen molar-refractivity contribution in [1.82, 2.24) is 0 Å². The van der Waals surface area contributed by atoms with Gasteiger partial charge in [0.1, 0.15) is 0 Å². The number of carboxylic acid groups (broad SMARTS) is 1. The average Bonchev–Trinajstić information content (AvgIpc) is 2.35. The van der Waals surface area contributed by atoms with Crippen LogP contribution in [0.3, 0.4) is 0 Å². The van der Waals surface area contributed by atoms with Crippen molar-refractivity contribution in [3.05, 3.63) is 33.9 Å². The van der Waals surface area contributed by atoms with Crippen molar-refractivity contribution in [1.29, 1.82) is 0 Å². The number of aliphatic carboxylic acids is 1. The molecular weight excluding hydrogens is 236 g/mol. The number of nitrogens with zero attached hydrogens (tertiary/aromatic N) is 2. The van der Waals surface area contributed by atoms with E-state index in [-0.39, 0.29) is 12.1 Å². The minimum Gasteiger partial charge on any atom is -0.481 e. The zero-order valence-corrected chi connectivity index (χ0v) is 9.83. The second-order valence-corrected chi connectivity index (χ2v) is 4.30. The van der Waals surface area contributed by atoms with Gasteiger partial charge in [0, 0.05) is 30.9 Å². The Hall–Kier alpha value is -2.11. The maximum atomic E-state index is 10.8. The molecule has 0 amide bonds. The van der Waals surface area contributed by atoms with Gasteiger partial charge < -0.3 is 10.0 Å². The minimum atomic E-state index is -0.854. The molecule has 6 nitrogen and oxygen atoms in total. The molecule has 0 aliphatic carbocycles. The van der Waals surface area contributed by atoms with Gasteiger partial charge in [0.2, 0.25) is 0 Å². The molecule has 0 bridgehead atoms. The molecule has 0 aromatic heterocycles. The van der Waals surface area contributed by atoms with Crippen LogP contribution < -0.4 is 4.90 Å². The molecule has 0 unspecified atom stereocenters. The third-order valence-corrected chi connectivity index (χ3v) is 3.09. The number of nitro benzene ring substituents is 1. The molecule has 1 aliphatic rings. The van der Waals surface area contributed by atoms with Crippen molar-refractivity contribution in [2.45, 2.75) is 19.3 Å². The van der Waals surface area contributed by atoms with Gasteiger partial charge in [-0.05, 0) is 18.4 Å². The van der Waals surface area contributed by atoms with Gasteiger partial charge in [0.05, 0.1) is 11.3 Å². The largest absolute Gasteiger partial charge is 0.481 e. The number of carboxylic acids is 1. The second-order valence-electron chi connectivity index (χ2n) is 4.30. The number of rotatable bonds is 4. The summed E-state index contributed by atoms with van der Waals surface area (Å²) in [7, 11) is 0. The monoisotopic (exact) mass is 250 g/mol. The van der Waals surface area contributed by atoms with Crippen molar-refractivity contribution >= 4 is 17.3 Å². The number of non-ortho nitro benzene ring substituents is 1. The summed E-state index contributed by atoms with van der Waals surface area (Å²) in [6.45, 7) is 1.14. The lowest BCUT2D eigenvalue weighted by Crippen LogP contribution is -2.31. The van der Waals surface area contributed by atoms with Crippen LogP contribution in [0.2, 0.25) is 0 Å². The Morgan fingerprint density at radius 2 is 2.28 bits per heavy atom.